The molecule has 0 atom stereocenters. The summed E-state index contributed by atoms with van der Waals surface area (Å²) in [5, 5.41) is 4.30. The van der Waals surface area contributed by atoms with Crippen molar-refractivity contribution in [2.24, 2.45) is 0 Å². The highest BCUT2D eigenvalue weighted by Gasteiger charge is 2.10. The molecule has 0 spiro atoms. The molecule has 0 bridgehead atoms. The van der Waals surface area contributed by atoms with Gasteiger partial charge >= 0.3 is 0 Å². The molecule has 1 amide bonds. The molecule has 0 aliphatic carbocycles. The Hall–Kier alpha value is -2.01. The highest BCUT2D eigenvalue weighted by atomic mass is 32.1. The topological polar surface area (TPSA) is 46.2 Å². The van der Waals surface area contributed by atoms with E-state index in [1.807, 2.05) is 0 Å². The zero-order chi connectivity index (χ0) is 13.0. The van der Waals surface area contributed by atoms with Crippen molar-refractivity contribution in [3.8, 4) is 0 Å². The number of thiophene rings is 1. The number of nitrogens with one attached hydrogen (secondary N) is 1. The summed E-state index contributed by atoms with van der Waals surface area (Å²) in [6.07, 6.45) is 0. The van der Waals surface area contributed by atoms with Crippen LogP contribution in [-0.4, -0.2) is 18.2 Å². The summed E-state index contributed by atoms with van der Waals surface area (Å²) in [5.41, 5.74) is 0.329. The molecule has 18 heavy (non-hydrogen) atoms. The van der Waals surface area contributed by atoms with Crippen molar-refractivity contribution in [2.45, 2.75) is 0 Å². The number of Topliss-reactive ketones (excluding diaryl/α,β-unsaturated/α-hetero) is 1. The van der Waals surface area contributed by atoms with Crippen LogP contribution in [0.1, 0.15) is 20.0 Å². The standard InChI is InChI=1S/C13H10FNO2S/c14-10-5-3-9(4-6-10)13(17)15-8-11(16)12-2-1-7-18-12/h1-7H,8H2,(H,15,17). The Labute approximate surface area is 107 Å². The molecule has 0 aliphatic rings. The van der Waals surface area contributed by atoms with Gasteiger partial charge in [0.15, 0.2) is 5.78 Å². The number of amides is 1. The van der Waals surface area contributed by atoms with E-state index in [-0.39, 0.29) is 18.2 Å². The van der Waals surface area contributed by atoms with Gasteiger partial charge in [-0.15, -0.1) is 11.3 Å². The number of carbonyl (C=O) groups is 2. The fraction of sp³-hybridized carbons (Fsp3) is 0.0769. The maximum absolute atomic E-state index is 12.7. The molecule has 1 N–H and O–H groups in total. The van der Waals surface area contributed by atoms with E-state index in [4.69, 9.17) is 0 Å². The number of carbonyl (C=O) groups excluding carboxylic acids is 2. The van der Waals surface area contributed by atoms with Crippen LogP contribution in [0.15, 0.2) is 41.8 Å². The first kappa shape index (κ1) is 12.4. The van der Waals surface area contributed by atoms with Gasteiger partial charge in [0.05, 0.1) is 11.4 Å². The molecule has 0 radical (unpaired) electrons. The van der Waals surface area contributed by atoms with Crippen LogP contribution in [0.25, 0.3) is 0 Å². The normalized spacial score (nSPS) is 10.1. The molecule has 0 saturated carbocycles. The largest absolute Gasteiger partial charge is 0.345 e. The van der Waals surface area contributed by atoms with E-state index in [0.29, 0.717) is 10.4 Å². The predicted molar refractivity (Wildman–Crippen MR) is 67.4 cm³/mol. The van der Waals surface area contributed by atoms with Gasteiger partial charge in [0.2, 0.25) is 0 Å². The summed E-state index contributed by atoms with van der Waals surface area (Å²) in [5.74, 6) is -0.929. The van der Waals surface area contributed by atoms with Crippen LogP contribution in [0.3, 0.4) is 0 Å². The van der Waals surface area contributed by atoms with E-state index >= 15 is 0 Å². The minimum Gasteiger partial charge on any atom is -0.345 e. The molecule has 0 aliphatic heterocycles. The molecule has 1 aromatic carbocycles. The van der Waals surface area contributed by atoms with Gasteiger partial charge in [-0.2, -0.15) is 0 Å². The maximum Gasteiger partial charge on any atom is 0.251 e. The van der Waals surface area contributed by atoms with Gasteiger partial charge in [-0.3, -0.25) is 9.59 Å². The summed E-state index contributed by atoms with van der Waals surface area (Å²) in [6.45, 7) is -0.0588. The van der Waals surface area contributed by atoms with E-state index in [1.165, 1.54) is 35.6 Å². The fourth-order valence-electron chi connectivity index (χ4n) is 1.39. The summed E-state index contributed by atoms with van der Waals surface area (Å²) in [7, 11) is 0. The zero-order valence-electron chi connectivity index (χ0n) is 9.35. The summed E-state index contributed by atoms with van der Waals surface area (Å²) in [6, 6.07) is 8.64. The first-order chi connectivity index (χ1) is 8.66. The third-order valence-corrected chi connectivity index (χ3v) is 3.22. The second kappa shape index (κ2) is 5.55. The maximum atomic E-state index is 12.7. The lowest BCUT2D eigenvalue weighted by atomic mass is 10.2. The molecular formula is C13H10FNO2S. The lowest BCUT2D eigenvalue weighted by Crippen LogP contribution is -2.29. The van der Waals surface area contributed by atoms with Crippen molar-refractivity contribution < 1.29 is 14.0 Å². The second-order valence-corrected chi connectivity index (χ2v) is 4.54. The van der Waals surface area contributed by atoms with Crippen molar-refractivity contribution in [1.82, 2.24) is 5.32 Å². The first-order valence-corrected chi connectivity index (χ1v) is 6.15. The highest BCUT2D eigenvalue weighted by molar-refractivity contribution is 7.12. The molecule has 3 nitrogen and oxygen atoms in total. The lowest BCUT2D eigenvalue weighted by Gasteiger charge is -2.03. The summed E-state index contributed by atoms with van der Waals surface area (Å²) < 4.78 is 12.7. The molecule has 1 heterocycles. The minimum absolute atomic E-state index is 0.0588. The molecule has 0 saturated heterocycles. The van der Waals surface area contributed by atoms with Crippen LogP contribution in [-0.2, 0) is 0 Å². The quantitative estimate of drug-likeness (QED) is 0.861. The highest BCUT2D eigenvalue weighted by Crippen LogP contribution is 2.08. The fourth-order valence-corrected chi connectivity index (χ4v) is 2.05. The Morgan fingerprint density at radius 2 is 1.89 bits per heavy atom. The van der Waals surface area contributed by atoms with Gasteiger partial charge in [-0.05, 0) is 35.7 Å². The Morgan fingerprint density at radius 3 is 2.50 bits per heavy atom. The monoisotopic (exact) mass is 263 g/mol. The van der Waals surface area contributed by atoms with Crippen LogP contribution in [0.5, 0.6) is 0 Å². The van der Waals surface area contributed by atoms with Crippen LogP contribution >= 0.6 is 11.3 Å². The number of hydrogen-bond donors (Lipinski definition) is 1. The van der Waals surface area contributed by atoms with Crippen LogP contribution in [0.2, 0.25) is 0 Å². The number of halogens is 1. The third-order valence-electron chi connectivity index (χ3n) is 2.31. The van der Waals surface area contributed by atoms with Gasteiger partial charge < -0.3 is 5.32 Å². The van der Waals surface area contributed by atoms with E-state index in [1.54, 1.807) is 17.5 Å². The van der Waals surface area contributed by atoms with Crippen molar-refractivity contribution in [1.29, 1.82) is 0 Å². The number of hydrogen-bond acceptors (Lipinski definition) is 3. The molecule has 92 valence electrons. The summed E-state index contributed by atoms with van der Waals surface area (Å²) in [4.78, 5) is 23.9. The van der Waals surface area contributed by atoms with Crippen LogP contribution in [0.4, 0.5) is 4.39 Å². The number of ketones is 1. The first-order valence-electron chi connectivity index (χ1n) is 5.27. The van der Waals surface area contributed by atoms with Crippen LogP contribution in [0, 0.1) is 5.82 Å². The van der Waals surface area contributed by atoms with Crippen molar-refractivity contribution in [2.75, 3.05) is 6.54 Å². The third kappa shape index (κ3) is 3.01. The van der Waals surface area contributed by atoms with Crippen LogP contribution < -0.4 is 5.32 Å². The molecular weight excluding hydrogens is 253 g/mol. The minimum atomic E-state index is -0.402. The van der Waals surface area contributed by atoms with E-state index < -0.39 is 5.82 Å². The average molecular weight is 263 g/mol. The van der Waals surface area contributed by atoms with E-state index in [9.17, 15) is 14.0 Å². The van der Waals surface area contributed by atoms with Gasteiger partial charge in [-0.25, -0.2) is 4.39 Å². The SMILES string of the molecule is O=C(NCC(=O)c1cccs1)c1ccc(F)cc1. The lowest BCUT2D eigenvalue weighted by molar-refractivity contribution is 0.0905. The second-order valence-electron chi connectivity index (χ2n) is 3.59. The molecule has 0 fully saturated rings. The smallest absolute Gasteiger partial charge is 0.251 e. The Balaban J connectivity index is 1.92. The molecule has 2 aromatic rings. The van der Waals surface area contributed by atoms with Gasteiger partial charge in [0.1, 0.15) is 5.82 Å². The Bertz CT molecular complexity index is 549. The van der Waals surface area contributed by atoms with Gasteiger partial charge in [-0.1, -0.05) is 6.07 Å². The predicted octanol–water partition coefficient (Wildman–Crippen LogP) is 2.50. The summed E-state index contributed by atoms with van der Waals surface area (Å²) >= 11 is 1.33. The van der Waals surface area contributed by atoms with E-state index in [2.05, 4.69) is 5.32 Å². The average Bonchev–Trinajstić information content (AvgIpc) is 2.90. The Kier molecular flexibility index (Phi) is 3.84. The molecule has 0 unspecified atom stereocenters. The zero-order valence-corrected chi connectivity index (χ0v) is 10.2. The molecule has 1 aromatic heterocycles. The number of rotatable bonds is 4. The molecule has 5 heteroatoms. The Morgan fingerprint density at radius 1 is 1.17 bits per heavy atom. The molecule has 2 rings (SSSR count). The van der Waals surface area contributed by atoms with Gasteiger partial charge in [0, 0.05) is 5.56 Å². The van der Waals surface area contributed by atoms with Crippen molar-refractivity contribution in [3.63, 3.8) is 0 Å². The van der Waals surface area contributed by atoms with Crippen molar-refractivity contribution in [3.05, 3.63) is 58.0 Å². The van der Waals surface area contributed by atoms with Crippen molar-refractivity contribution >= 4 is 23.0 Å². The van der Waals surface area contributed by atoms with E-state index in [0.717, 1.165) is 0 Å². The number of benzene rings is 1. The van der Waals surface area contributed by atoms with Gasteiger partial charge in [0.25, 0.3) is 5.91 Å².